The fraction of sp³-hybridized carbons (Fsp3) is 0.0769. The average molecular weight is 241 g/mol. The van der Waals surface area contributed by atoms with Crippen LogP contribution in [0.2, 0.25) is 0 Å². The summed E-state index contributed by atoms with van der Waals surface area (Å²) in [7, 11) is 0. The monoisotopic (exact) mass is 241 g/mol. The number of hydrogen-bond donors (Lipinski definition) is 1. The van der Waals surface area contributed by atoms with Crippen LogP contribution in [0, 0.1) is 0 Å². The minimum absolute atomic E-state index is 0.693. The van der Waals surface area contributed by atoms with E-state index in [0.29, 0.717) is 5.69 Å². The van der Waals surface area contributed by atoms with Crippen molar-refractivity contribution < 1.29 is 0 Å². The highest BCUT2D eigenvalue weighted by Gasteiger charge is 2.04. The molecule has 0 atom stereocenters. The molecule has 0 spiro atoms. The number of benzene rings is 1. The summed E-state index contributed by atoms with van der Waals surface area (Å²) in [4.78, 5) is 8.86. The Balaban J connectivity index is 1.92. The summed E-state index contributed by atoms with van der Waals surface area (Å²) < 4.78 is 1.22. The van der Waals surface area contributed by atoms with Crippen LogP contribution in [0.3, 0.4) is 0 Å². The van der Waals surface area contributed by atoms with E-state index >= 15 is 0 Å². The molecule has 0 saturated carbocycles. The Morgan fingerprint density at radius 2 is 2.00 bits per heavy atom. The topological polar surface area (TPSA) is 51.8 Å². The third-order valence-electron chi connectivity index (χ3n) is 2.52. The number of fused-ring (bicyclic) bond motifs is 1. The van der Waals surface area contributed by atoms with E-state index < -0.39 is 0 Å². The van der Waals surface area contributed by atoms with Gasteiger partial charge in [0.1, 0.15) is 0 Å². The number of nitrogens with zero attached hydrogens (tertiary/aromatic N) is 2. The van der Waals surface area contributed by atoms with Crippen molar-refractivity contribution in [2.24, 2.45) is 0 Å². The summed E-state index contributed by atoms with van der Waals surface area (Å²) in [5.41, 5.74) is 8.36. The lowest BCUT2D eigenvalue weighted by Crippen LogP contribution is -1.93. The molecule has 0 radical (unpaired) electrons. The SMILES string of the molecule is Nc1ccc(Cc2nc3ccccc3s2)nc1. The van der Waals surface area contributed by atoms with Gasteiger partial charge in [-0.15, -0.1) is 11.3 Å². The van der Waals surface area contributed by atoms with Crippen LogP contribution in [0.25, 0.3) is 10.2 Å². The zero-order valence-electron chi connectivity index (χ0n) is 9.13. The van der Waals surface area contributed by atoms with Gasteiger partial charge in [0.2, 0.25) is 0 Å². The maximum atomic E-state index is 5.61. The highest BCUT2D eigenvalue weighted by molar-refractivity contribution is 7.18. The zero-order chi connectivity index (χ0) is 11.7. The van der Waals surface area contributed by atoms with Gasteiger partial charge in [0.15, 0.2) is 0 Å². The Kier molecular flexibility index (Phi) is 2.49. The van der Waals surface area contributed by atoms with Gasteiger partial charge in [-0.2, -0.15) is 0 Å². The number of rotatable bonds is 2. The zero-order valence-corrected chi connectivity index (χ0v) is 9.95. The van der Waals surface area contributed by atoms with E-state index in [0.717, 1.165) is 22.6 Å². The molecular weight excluding hydrogens is 230 g/mol. The summed E-state index contributed by atoms with van der Waals surface area (Å²) in [6.45, 7) is 0. The largest absolute Gasteiger partial charge is 0.397 e. The molecule has 0 aliphatic carbocycles. The predicted molar refractivity (Wildman–Crippen MR) is 71.1 cm³/mol. The third kappa shape index (κ3) is 2.12. The quantitative estimate of drug-likeness (QED) is 0.750. The number of aromatic nitrogens is 2. The predicted octanol–water partition coefficient (Wildman–Crippen LogP) is 2.86. The molecule has 84 valence electrons. The van der Waals surface area contributed by atoms with Crippen molar-refractivity contribution in [1.82, 2.24) is 9.97 Å². The Bertz CT molecular complexity index is 610. The van der Waals surface area contributed by atoms with Gasteiger partial charge in [-0.3, -0.25) is 4.98 Å². The van der Waals surface area contributed by atoms with E-state index in [2.05, 4.69) is 16.0 Å². The van der Waals surface area contributed by atoms with Gasteiger partial charge < -0.3 is 5.73 Å². The number of hydrogen-bond acceptors (Lipinski definition) is 4. The maximum Gasteiger partial charge on any atom is 0.0998 e. The van der Waals surface area contributed by atoms with Gasteiger partial charge >= 0.3 is 0 Å². The van der Waals surface area contributed by atoms with E-state index in [1.807, 2.05) is 30.3 Å². The molecule has 3 aromatic rings. The van der Waals surface area contributed by atoms with Crippen molar-refractivity contribution in [3.63, 3.8) is 0 Å². The van der Waals surface area contributed by atoms with E-state index in [1.54, 1.807) is 17.5 Å². The minimum Gasteiger partial charge on any atom is -0.397 e. The standard InChI is InChI=1S/C13H11N3S/c14-9-5-6-10(15-8-9)7-13-16-11-3-1-2-4-12(11)17-13/h1-6,8H,7,14H2. The number of para-hydroxylation sites is 1. The number of pyridine rings is 1. The molecular formula is C13H11N3S. The summed E-state index contributed by atoms with van der Waals surface area (Å²) in [6.07, 6.45) is 2.45. The second-order valence-corrected chi connectivity index (χ2v) is 4.95. The van der Waals surface area contributed by atoms with Gasteiger partial charge in [0.05, 0.1) is 27.1 Å². The third-order valence-corrected chi connectivity index (χ3v) is 3.55. The Hall–Kier alpha value is -1.94. The van der Waals surface area contributed by atoms with E-state index in [1.165, 1.54) is 4.70 Å². The van der Waals surface area contributed by atoms with Gasteiger partial charge in [-0.25, -0.2) is 4.98 Å². The molecule has 0 bridgehead atoms. The molecule has 0 fully saturated rings. The summed E-state index contributed by atoms with van der Waals surface area (Å²) in [5, 5.41) is 1.09. The first-order valence-corrected chi connectivity index (χ1v) is 6.18. The van der Waals surface area contributed by atoms with Crippen molar-refractivity contribution in [3.8, 4) is 0 Å². The van der Waals surface area contributed by atoms with Crippen molar-refractivity contribution in [3.05, 3.63) is 53.3 Å². The summed E-state index contributed by atoms with van der Waals surface area (Å²) in [5.74, 6) is 0. The highest BCUT2D eigenvalue weighted by atomic mass is 32.1. The van der Waals surface area contributed by atoms with Crippen LogP contribution in [-0.4, -0.2) is 9.97 Å². The molecule has 0 aliphatic heterocycles. The second-order valence-electron chi connectivity index (χ2n) is 3.83. The van der Waals surface area contributed by atoms with Crippen molar-refractivity contribution in [2.45, 2.75) is 6.42 Å². The van der Waals surface area contributed by atoms with Crippen LogP contribution >= 0.6 is 11.3 Å². The molecule has 0 unspecified atom stereocenters. The molecule has 17 heavy (non-hydrogen) atoms. The fourth-order valence-electron chi connectivity index (χ4n) is 1.69. The van der Waals surface area contributed by atoms with Gasteiger partial charge in [-0.1, -0.05) is 12.1 Å². The Morgan fingerprint density at radius 3 is 2.76 bits per heavy atom. The van der Waals surface area contributed by atoms with Crippen LogP contribution in [0.4, 0.5) is 5.69 Å². The van der Waals surface area contributed by atoms with E-state index in [4.69, 9.17) is 5.73 Å². The molecule has 0 aliphatic rings. The number of nitrogen functional groups attached to an aromatic ring is 1. The Labute approximate surface area is 103 Å². The molecule has 0 saturated heterocycles. The molecule has 4 heteroatoms. The van der Waals surface area contributed by atoms with Crippen LogP contribution in [0.15, 0.2) is 42.6 Å². The van der Waals surface area contributed by atoms with Crippen molar-refractivity contribution in [2.75, 3.05) is 5.73 Å². The lowest BCUT2D eigenvalue weighted by Gasteiger charge is -1.97. The lowest BCUT2D eigenvalue weighted by molar-refractivity contribution is 1.06. The van der Waals surface area contributed by atoms with Gasteiger partial charge in [0.25, 0.3) is 0 Å². The average Bonchev–Trinajstić information content (AvgIpc) is 2.74. The lowest BCUT2D eigenvalue weighted by atomic mass is 10.2. The van der Waals surface area contributed by atoms with Crippen LogP contribution in [0.1, 0.15) is 10.7 Å². The maximum absolute atomic E-state index is 5.61. The Morgan fingerprint density at radius 1 is 1.12 bits per heavy atom. The molecule has 2 N–H and O–H groups in total. The van der Waals surface area contributed by atoms with Crippen LogP contribution < -0.4 is 5.73 Å². The first-order chi connectivity index (χ1) is 8.31. The fourth-order valence-corrected chi connectivity index (χ4v) is 2.67. The molecule has 2 aromatic heterocycles. The van der Waals surface area contributed by atoms with E-state index in [-0.39, 0.29) is 0 Å². The number of nitrogens with two attached hydrogens (primary N) is 1. The van der Waals surface area contributed by atoms with E-state index in [9.17, 15) is 0 Å². The van der Waals surface area contributed by atoms with Crippen LogP contribution in [0.5, 0.6) is 0 Å². The molecule has 3 nitrogen and oxygen atoms in total. The molecule has 1 aromatic carbocycles. The summed E-state index contributed by atoms with van der Waals surface area (Å²) >= 11 is 1.71. The molecule has 3 rings (SSSR count). The first kappa shape index (κ1) is 10.2. The number of thiazole rings is 1. The normalized spacial score (nSPS) is 10.8. The first-order valence-electron chi connectivity index (χ1n) is 5.36. The molecule has 0 amide bonds. The van der Waals surface area contributed by atoms with Gasteiger partial charge in [0, 0.05) is 12.1 Å². The summed E-state index contributed by atoms with van der Waals surface area (Å²) in [6, 6.07) is 12.0. The van der Waals surface area contributed by atoms with Crippen LogP contribution in [-0.2, 0) is 6.42 Å². The van der Waals surface area contributed by atoms with Crippen molar-refractivity contribution in [1.29, 1.82) is 0 Å². The second kappa shape index (κ2) is 4.14. The number of anilines is 1. The van der Waals surface area contributed by atoms with Gasteiger partial charge in [-0.05, 0) is 24.3 Å². The smallest absolute Gasteiger partial charge is 0.0998 e. The highest BCUT2D eigenvalue weighted by Crippen LogP contribution is 2.23. The van der Waals surface area contributed by atoms with Crippen molar-refractivity contribution >= 4 is 27.2 Å². The minimum atomic E-state index is 0.693. The molecule has 2 heterocycles.